The Balaban J connectivity index is 2.77. The number of amides is 1. The van der Waals surface area contributed by atoms with Crippen LogP contribution in [0.4, 0.5) is 5.13 Å². The van der Waals surface area contributed by atoms with E-state index in [-0.39, 0.29) is 11.9 Å². The molecule has 1 atom stereocenters. The molecule has 0 radical (unpaired) electrons. The van der Waals surface area contributed by atoms with Crippen molar-refractivity contribution in [2.24, 2.45) is 0 Å². The predicted molar refractivity (Wildman–Crippen MR) is 64.6 cm³/mol. The number of methoxy groups -OCH3 is 1. The summed E-state index contributed by atoms with van der Waals surface area (Å²) in [5, 5.41) is 2.10. The Bertz CT molecular complexity index is 354. The Hall–Kier alpha value is -1.14. The van der Waals surface area contributed by atoms with Crippen molar-refractivity contribution in [3.05, 3.63) is 11.1 Å². The number of anilines is 1. The van der Waals surface area contributed by atoms with Crippen molar-refractivity contribution in [3.8, 4) is 0 Å². The van der Waals surface area contributed by atoms with Crippen molar-refractivity contribution >= 4 is 22.4 Å². The maximum atomic E-state index is 12.1. The van der Waals surface area contributed by atoms with Crippen molar-refractivity contribution in [3.63, 3.8) is 0 Å². The zero-order valence-corrected chi connectivity index (χ0v) is 10.6. The predicted octanol–water partition coefficient (Wildman–Crippen LogP) is 1.22. The first-order valence-corrected chi connectivity index (χ1v) is 5.99. The van der Waals surface area contributed by atoms with Gasteiger partial charge in [0.05, 0.1) is 12.6 Å². The summed E-state index contributed by atoms with van der Waals surface area (Å²) in [5.41, 5.74) is 5.91. The van der Waals surface area contributed by atoms with Gasteiger partial charge < -0.3 is 15.4 Å². The van der Waals surface area contributed by atoms with E-state index < -0.39 is 0 Å². The molecule has 1 aromatic heterocycles. The van der Waals surface area contributed by atoms with Gasteiger partial charge >= 0.3 is 0 Å². The van der Waals surface area contributed by atoms with E-state index >= 15 is 0 Å². The van der Waals surface area contributed by atoms with Gasteiger partial charge in [0.15, 0.2) is 5.13 Å². The molecule has 16 heavy (non-hydrogen) atoms. The second-order valence-corrected chi connectivity index (χ2v) is 4.36. The molecular weight excluding hydrogens is 226 g/mol. The highest BCUT2D eigenvalue weighted by Gasteiger charge is 2.21. The number of carbonyl (C=O) groups is 1. The van der Waals surface area contributed by atoms with Crippen LogP contribution in [0.1, 0.15) is 24.3 Å². The van der Waals surface area contributed by atoms with E-state index in [1.54, 1.807) is 17.4 Å². The molecule has 1 amide bonds. The van der Waals surface area contributed by atoms with Crippen molar-refractivity contribution in [1.29, 1.82) is 0 Å². The highest BCUT2D eigenvalue weighted by Crippen LogP contribution is 2.14. The van der Waals surface area contributed by atoms with Gasteiger partial charge in [-0.25, -0.2) is 4.98 Å². The van der Waals surface area contributed by atoms with Crippen LogP contribution in [0.5, 0.6) is 0 Å². The summed E-state index contributed by atoms with van der Waals surface area (Å²) < 4.78 is 5.04. The fourth-order valence-corrected chi connectivity index (χ4v) is 2.06. The van der Waals surface area contributed by atoms with Crippen LogP contribution in [0.25, 0.3) is 0 Å². The topological polar surface area (TPSA) is 68.5 Å². The molecule has 1 heterocycles. The molecule has 0 aromatic carbocycles. The number of hydrogen-bond donors (Lipinski definition) is 1. The zero-order chi connectivity index (χ0) is 12.1. The number of nitrogen functional groups attached to an aromatic ring is 1. The molecule has 0 aliphatic heterocycles. The first-order chi connectivity index (χ1) is 7.60. The van der Waals surface area contributed by atoms with Crippen molar-refractivity contribution in [2.45, 2.75) is 19.9 Å². The maximum absolute atomic E-state index is 12.1. The third-order valence-corrected chi connectivity index (χ3v) is 2.96. The summed E-state index contributed by atoms with van der Waals surface area (Å²) in [6.07, 6.45) is 0. The molecule has 1 unspecified atom stereocenters. The quantitative estimate of drug-likeness (QED) is 0.844. The number of hydrogen-bond acceptors (Lipinski definition) is 5. The minimum Gasteiger partial charge on any atom is -0.383 e. The lowest BCUT2D eigenvalue weighted by atomic mass is 10.2. The molecular formula is C10H17N3O2S. The minimum absolute atomic E-state index is 0.0328. The third kappa shape index (κ3) is 2.93. The number of ether oxygens (including phenoxy) is 1. The van der Waals surface area contributed by atoms with Crippen molar-refractivity contribution in [1.82, 2.24) is 9.88 Å². The molecule has 0 saturated heterocycles. The van der Waals surface area contributed by atoms with Gasteiger partial charge in [0.25, 0.3) is 5.91 Å². The van der Waals surface area contributed by atoms with Gasteiger partial charge in [-0.1, -0.05) is 0 Å². The fourth-order valence-electron chi connectivity index (χ4n) is 1.52. The Kier molecular flexibility index (Phi) is 4.70. The first kappa shape index (κ1) is 12.9. The summed E-state index contributed by atoms with van der Waals surface area (Å²) in [6.45, 7) is 5.01. The van der Waals surface area contributed by atoms with Crippen molar-refractivity contribution < 1.29 is 9.53 Å². The summed E-state index contributed by atoms with van der Waals surface area (Å²) in [7, 11) is 1.62. The van der Waals surface area contributed by atoms with Crippen LogP contribution in [0, 0.1) is 0 Å². The van der Waals surface area contributed by atoms with E-state index in [9.17, 15) is 4.79 Å². The number of thiazole rings is 1. The Morgan fingerprint density at radius 3 is 2.88 bits per heavy atom. The van der Waals surface area contributed by atoms with Crippen LogP contribution < -0.4 is 5.73 Å². The smallest absolute Gasteiger partial charge is 0.273 e. The van der Waals surface area contributed by atoms with Crippen molar-refractivity contribution in [2.75, 3.05) is 26.0 Å². The fraction of sp³-hybridized carbons (Fsp3) is 0.600. The average Bonchev–Trinajstić information content (AvgIpc) is 2.66. The van der Waals surface area contributed by atoms with Crippen LogP contribution in [0.15, 0.2) is 5.38 Å². The van der Waals surface area contributed by atoms with E-state index in [4.69, 9.17) is 10.5 Å². The monoisotopic (exact) mass is 243 g/mol. The number of rotatable bonds is 5. The summed E-state index contributed by atoms with van der Waals surface area (Å²) in [6, 6.07) is 0.0328. The molecule has 0 bridgehead atoms. The van der Waals surface area contributed by atoms with Crippen LogP contribution in [0.2, 0.25) is 0 Å². The number of nitrogens with zero attached hydrogens (tertiary/aromatic N) is 2. The van der Waals surface area contributed by atoms with Gasteiger partial charge in [0.1, 0.15) is 5.69 Å². The van der Waals surface area contributed by atoms with Crippen LogP contribution in [-0.4, -0.2) is 42.1 Å². The normalized spacial score (nSPS) is 12.4. The second-order valence-electron chi connectivity index (χ2n) is 3.47. The number of likely N-dealkylation sites (N-methyl/N-ethyl adjacent to an activating group) is 1. The third-order valence-electron chi connectivity index (χ3n) is 2.28. The Morgan fingerprint density at radius 2 is 2.44 bits per heavy atom. The van der Waals surface area contributed by atoms with E-state index in [1.807, 2.05) is 13.8 Å². The summed E-state index contributed by atoms with van der Waals surface area (Å²) in [4.78, 5) is 17.8. The SMILES string of the molecule is CCN(C(=O)c1csc(N)n1)C(C)COC. The molecule has 5 nitrogen and oxygen atoms in total. The molecule has 6 heteroatoms. The maximum Gasteiger partial charge on any atom is 0.273 e. The lowest BCUT2D eigenvalue weighted by Gasteiger charge is -2.26. The molecule has 1 rings (SSSR count). The van der Waals surface area contributed by atoms with Gasteiger partial charge in [-0.3, -0.25) is 4.79 Å². The van der Waals surface area contributed by atoms with Gasteiger partial charge in [0, 0.05) is 19.0 Å². The summed E-state index contributed by atoms with van der Waals surface area (Å²) in [5.74, 6) is -0.0972. The standard InChI is InChI=1S/C10H17N3O2S/c1-4-13(7(2)5-15-3)9(14)8-6-16-10(11)12-8/h6-7H,4-5H2,1-3H3,(H2,11,12). The van der Waals surface area contributed by atoms with Gasteiger partial charge in [-0.05, 0) is 13.8 Å². The van der Waals surface area contributed by atoms with E-state index in [0.717, 1.165) is 0 Å². The minimum atomic E-state index is -0.0972. The highest BCUT2D eigenvalue weighted by molar-refractivity contribution is 7.13. The number of carbonyl (C=O) groups excluding carboxylic acids is 1. The lowest BCUT2D eigenvalue weighted by molar-refractivity contribution is 0.0574. The Labute approximate surface area is 99.2 Å². The number of aromatic nitrogens is 1. The van der Waals surface area contributed by atoms with Crippen LogP contribution in [0.3, 0.4) is 0 Å². The van der Waals surface area contributed by atoms with Gasteiger partial charge in [-0.2, -0.15) is 0 Å². The largest absolute Gasteiger partial charge is 0.383 e. The second kappa shape index (κ2) is 5.81. The molecule has 90 valence electrons. The lowest BCUT2D eigenvalue weighted by Crippen LogP contribution is -2.41. The van der Waals surface area contributed by atoms with Crippen LogP contribution >= 0.6 is 11.3 Å². The molecule has 0 aliphatic rings. The van der Waals surface area contributed by atoms with E-state index in [0.29, 0.717) is 24.0 Å². The number of nitrogens with two attached hydrogens (primary N) is 1. The molecule has 1 aromatic rings. The first-order valence-electron chi connectivity index (χ1n) is 5.11. The molecule has 0 spiro atoms. The van der Waals surface area contributed by atoms with Gasteiger partial charge in [0.2, 0.25) is 0 Å². The highest BCUT2D eigenvalue weighted by atomic mass is 32.1. The van der Waals surface area contributed by atoms with Crippen LogP contribution in [-0.2, 0) is 4.74 Å². The molecule has 0 fully saturated rings. The Morgan fingerprint density at radius 1 is 1.75 bits per heavy atom. The molecule has 0 saturated carbocycles. The molecule has 0 aliphatic carbocycles. The average molecular weight is 243 g/mol. The summed E-state index contributed by atoms with van der Waals surface area (Å²) >= 11 is 1.27. The molecule has 2 N–H and O–H groups in total. The van der Waals surface area contributed by atoms with Gasteiger partial charge in [-0.15, -0.1) is 11.3 Å². The van der Waals surface area contributed by atoms with E-state index in [2.05, 4.69) is 4.98 Å². The zero-order valence-electron chi connectivity index (χ0n) is 9.77. The van der Waals surface area contributed by atoms with E-state index in [1.165, 1.54) is 11.3 Å².